The number of aromatic nitrogens is 1. The van der Waals surface area contributed by atoms with E-state index in [-0.39, 0.29) is 11.4 Å². The smallest absolute Gasteiger partial charge is 0.270 e. The highest BCUT2D eigenvalue weighted by Crippen LogP contribution is 2.29. The van der Waals surface area contributed by atoms with Crippen molar-refractivity contribution in [3.8, 4) is 5.75 Å². The second kappa shape index (κ2) is 5.84. The minimum absolute atomic E-state index is 0.00595. The number of non-ortho nitro benzene ring substituents is 1. The summed E-state index contributed by atoms with van der Waals surface area (Å²) in [5, 5.41) is 22.3. The molecule has 0 aliphatic rings. The fraction of sp³-hybridized carbons (Fsp3) is 0.0588. The topological polar surface area (TPSA) is 88.6 Å². The third-order valence-electron chi connectivity index (χ3n) is 3.46. The molecule has 114 valence electrons. The van der Waals surface area contributed by atoms with Crippen molar-refractivity contribution >= 4 is 28.5 Å². The molecule has 0 saturated heterocycles. The van der Waals surface area contributed by atoms with Gasteiger partial charge in [-0.3, -0.25) is 10.1 Å². The van der Waals surface area contributed by atoms with E-state index in [0.717, 1.165) is 5.56 Å². The molecule has 3 rings (SSSR count). The summed E-state index contributed by atoms with van der Waals surface area (Å²) in [4.78, 5) is 18.8. The van der Waals surface area contributed by atoms with Crippen molar-refractivity contribution in [2.45, 2.75) is 6.92 Å². The molecule has 0 atom stereocenters. The van der Waals surface area contributed by atoms with Gasteiger partial charge in [0.15, 0.2) is 5.82 Å². The predicted molar refractivity (Wildman–Crippen MR) is 88.5 cm³/mol. The molecule has 0 aliphatic carbocycles. The van der Waals surface area contributed by atoms with Crippen molar-refractivity contribution in [1.29, 1.82) is 0 Å². The van der Waals surface area contributed by atoms with Crippen LogP contribution in [0.3, 0.4) is 0 Å². The Morgan fingerprint density at radius 1 is 1.22 bits per heavy atom. The first kappa shape index (κ1) is 14.6. The highest BCUT2D eigenvalue weighted by Gasteiger charge is 2.10. The van der Waals surface area contributed by atoms with Crippen LogP contribution in [0.15, 0.2) is 53.7 Å². The van der Waals surface area contributed by atoms with E-state index < -0.39 is 4.92 Å². The van der Waals surface area contributed by atoms with Crippen LogP contribution in [0.1, 0.15) is 11.1 Å². The van der Waals surface area contributed by atoms with Gasteiger partial charge in [0.05, 0.1) is 4.92 Å². The van der Waals surface area contributed by atoms with Gasteiger partial charge >= 0.3 is 0 Å². The summed E-state index contributed by atoms with van der Waals surface area (Å²) in [5.41, 5.74) is 1.54. The minimum Gasteiger partial charge on any atom is -0.507 e. The average molecular weight is 307 g/mol. The molecule has 0 bridgehead atoms. The number of benzene rings is 2. The summed E-state index contributed by atoms with van der Waals surface area (Å²) in [6.07, 6.45) is 3.18. The fourth-order valence-corrected chi connectivity index (χ4v) is 2.30. The number of aromatic hydroxyl groups is 1. The van der Waals surface area contributed by atoms with Gasteiger partial charge in [-0.2, -0.15) is 0 Å². The highest BCUT2D eigenvalue weighted by molar-refractivity contribution is 6.03. The number of rotatable bonds is 3. The van der Waals surface area contributed by atoms with E-state index >= 15 is 0 Å². The SMILES string of the molecule is Cc1ccnc(N=Cc2c(O)ccc3cc([N+](=O)[O-])ccc23)c1. The monoisotopic (exact) mass is 307 g/mol. The van der Waals surface area contributed by atoms with Crippen molar-refractivity contribution in [2.24, 2.45) is 4.99 Å². The van der Waals surface area contributed by atoms with Gasteiger partial charge in [-0.1, -0.05) is 6.07 Å². The van der Waals surface area contributed by atoms with E-state index in [9.17, 15) is 15.2 Å². The molecular formula is C17H13N3O3. The maximum Gasteiger partial charge on any atom is 0.270 e. The number of hydrogen-bond donors (Lipinski definition) is 1. The van der Waals surface area contributed by atoms with Crippen LogP contribution in [0.4, 0.5) is 11.5 Å². The number of nitro benzene ring substituents is 1. The highest BCUT2D eigenvalue weighted by atomic mass is 16.6. The number of pyridine rings is 1. The van der Waals surface area contributed by atoms with Gasteiger partial charge in [0, 0.05) is 30.1 Å². The van der Waals surface area contributed by atoms with Gasteiger partial charge in [-0.05, 0) is 47.5 Å². The summed E-state index contributed by atoms with van der Waals surface area (Å²) < 4.78 is 0. The summed E-state index contributed by atoms with van der Waals surface area (Å²) in [6.45, 7) is 1.94. The molecule has 0 fully saturated rings. The second-order valence-corrected chi connectivity index (χ2v) is 5.11. The number of nitro groups is 1. The van der Waals surface area contributed by atoms with Crippen LogP contribution in [-0.2, 0) is 0 Å². The lowest BCUT2D eigenvalue weighted by Gasteiger charge is -2.05. The molecule has 1 N–H and O–H groups in total. The fourth-order valence-electron chi connectivity index (χ4n) is 2.30. The Bertz CT molecular complexity index is 936. The zero-order valence-corrected chi connectivity index (χ0v) is 12.3. The Hall–Kier alpha value is -3.28. The van der Waals surface area contributed by atoms with E-state index in [1.54, 1.807) is 18.3 Å². The third kappa shape index (κ3) is 3.01. The van der Waals surface area contributed by atoms with E-state index in [1.807, 2.05) is 19.1 Å². The zero-order chi connectivity index (χ0) is 16.4. The lowest BCUT2D eigenvalue weighted by atomic mass is 10.0. The molecule has 0 spiro atoms. The van der Waals surface area contributed by atoms with Gasteiger partial charge in [0.25, 0.3) is 5.69 Å². The first-order chi connectivity index (χ1) is 11.0. The lowest BCUT2D eigenvalue weighted by Crippen LogP contribution is -1.90. The minimum atomic E-state index is -0.448. The number of aryl methyl sites for hydroxylation is 1. The Balaban J connectivity index is 2.09. The zero-order valence-electron chi connectivity index (χ0n) is 12.3. The Kier molecular flexibility index (Phi) is 3.72. The molecule has 0 aliphatic heterocycles. The molecule has 0 radical (unpaired) electrons. The molecule has 2 aromatic carbocycles. The van der Waals surface area contributed by atoms with E-state index in [4.69, 9.17) is 0 Å². The number of phenolic OH excluding ortho intramolecular Hbond substituents is 1. The number of fused-ring (bicyclic) bond motifs is 1. The van der Waals surface area contributed by atoms with Crippen molar-refractivity contribution < 1.29 is 10.0 Å². The molecule has 3 aromatic rings. The Labute approximate surface area is 131 Å². The van der Waals surface area contributed by atoms with E-state index in [0.29, 0.717) is 22.2 Å². The van der Waals surface area contributed by atoms with Crippen LogP contribution in [0.25, 0.3) is 10.8 Å². The van der Waals surface area contributed by atoms with Crippen LogP contribution in [-0.4, -0.2) is 21.2 Å². The van der Waals surface area contributed by atoms with Gasteiger partial charge < -0.3 is 5.11 Å². The molecule has 0 amide bonds. The summed E-state index contributed by atoms with van der Waals surface area (Å²) in [6, 6.07) is 11.3. The number of nitrogens with zero attached hydrogens (tertiary/aromatic N) is 3. The molecule has 23 heavy (non-hydrogen) atoms. The standard InChI is InChI=1S/C17H13N3O3/c1-11-6-7-18-17(8-11)19-10-15-14-4-3-13(20(22)23)9-12(14)2-5-16(15)21/h2-10,21H,1H3. The number of hydrogen-bond acceptors (Lipinski definition) is 5. The predicted octanol–water partition coefficient (Wildman–Crippen LogP) is 3.91. The van der Waals surface area contributed by atoms with Gasteiger partial charge in [0.2, 0.25) is 0 Å². The summed E-state index contributed by atoms with van der Waals surface area (Å²) in [7, 11) is 0. The molecule has 0 unspecified atom stereocenters. The van der Waals surface area contributed by atoms with Crippen LogP contribution in [0, 0.1) is 17.0 Å². The molecule has 6 heteroatoms. The average Bonchev–Trinajstić information content (AvgIpc) is 2.53. The normalized spacial score (nSPS) is 11.2. The first-order valence-corrected chi connectivity index (χ1v) is 6.91. The van der Waals surface area contributed by atoms with E-state index in [2.05, 4.69) is 9.98 Å². The molecule has 6 nitrogen and oxygen atoms in total. The van der Waals surface area contributed by atoms with Gasteiger partial charge in [-0.15, -0.1) is 0 Å². The Morgan fingerprint density at radius 3 is 2.78 bits per heavy atom. The molecular weight excluding hydrogens is 294 g/mol. The molecule has 1 heterocycles. The molecule has 0 saturated carbocycles. The molecule has 1 aromatic heterocycles. The van der Waals surface area contributed by atoms with Crippen LogP contribution < -0.4 is 0 Å². The van der Waals surface area contributed by atoms with E-state index in [1.165, 1.54) is 24.4 Å². The van der Waals surface area contributed by atoms with Gasteiger partial charge in [0.1, 0.15) is 5.75 Å². The second-order valence-electron chi connectivity index (χ2n) is 5.11. The van der Waals surface area contributed by atoms with Crippen molar-refractivity contribution in [2.75, 3.05) is 0 Å². The van der Waals surface area contributed by atoms with Gasteiger partial charge in [-0.25, -0.2) is 9.98 Å². The van der Waals surface area contributed by atoms with Crippen molar-refractivity contribution in [3.63, 3.8) is 0 Å². The number of phenols is 1. The van der Waals surface area contributed by atoms with Crippen LogP contribution >= 0.6 is 0 Å². The van der Waals surface area contributed by atoms with Crippen molar-refractivity contribution in [3.05, 3.63) is 69.9 Å². The maximum absolute atomic E-state index is 10.9. The van der Waals surface area contributed by atoms with Crippen LogP contribution in [0.5, 0.6) is 5.75 Å². The first-order valence-electron chi connectivity index (χ1n) is 6.91. The lowest BCUT2D eigenvalue weighted by molar-refractivity contribution is -0.384. The Morgan fingerprint density at radius 2 is 2.04 bits per heavy atom. The third-order valence-corrected chi connectivity index (χ3v) is 3.46. The summed E-state index contributed by atoms with van der Waals surface area (Å²) >= 11 is 0. The number of aliphatic imine (C=N–C) groups is 1. The largest absolute Gasteiger partial charge is 0.507 e. The summed E-state index contributed by atoms with van der Waals surface area (Å²) in [5.74, 6) is 0.589. The van der Waals surface area contributed by atoms with Crippen LogP contribution in [0.2, 0.25) is 0 Å². The van der Waals surface area contributed by atoms with Crippen molar-refractivity contribution in [1.82, 2.24) is 4.98 Å². The quantitative estimate of drug-likeness (QED) is 0.451. The maximum atomic E-state index is 10.9.